The van der Waals surface area contributed by atoms with Crippen molar-refractivity contribution in [3.63, 3.8) is 0 Å². The highest BCUT2D eigenvalue weighted by Crippen LogP contribution is 2.34. The lowest BCUT2D eigenvalue weighted by molar-refractivity contribution is -0.150. The normalized spacial score (nSPS) is 26.8. The van der Waals surface area contributed by atoms with Gasteiger partial charge in [0.05, 0.1) is 26.1 Å². The van der Waals surface area contributed by atoms with E-state index in [1.165, 1.54) is 17.2 Å². The van der Waals surface area contributed by atoms with E-state index in [0.29, 0.717) is 12.3 Å². The Morgan fingerprint density at radius 3 is 2.80 bits per heavy atom. The summed E-state index contributed by atoms with van der Waals surface area (Å²) < 4.78 is 13.0. The Hall–Kier alpha value is -1.89. The van der Waals surface area contributed by atoms with Crippen LogP contribution < -0.4 is 0 Å². The van der Waals surface area contributed by atoms with Crippen molar-refractivity contribution < 1.29 is 29.6 Å². The number of fused-ring (bicyclic) bond motifs is 1. The van der Waals surface area contributed by atoms with Crippen molar-refractivity contribution in [2.45, 2.75) is 24.5 Å². The SMILES string of the molecule is CN(C)OCCO[C@@H]1[C@H](O)[C@@H](CO)O[C@H]1n1cnc2c(O)ncnc21. The summed E-state index contributed by atoms with van der Waals surface area (Å²) in [7, 11) is 3.50. The molecule has 2 aromatic rings. The van der Waals surface area contributed by atoms with Crippen LogP contribution in [0.3, 0.4) is 0 Å². The number of aromatic hydroxyl groups is 1. The van der Waals surface area contributed by atoms with Gasteiger partial charge in [-0.1, -0.05) is 0 Å². The monoisotopic (exact) mass is 355 g/mol. The maximum Gasteiger partial charge on any atom is 0.242 e. The number of rotatable bonds is 7. The van der Waals surface area contributed by atoms with Gasteiger partial charge in [-0.3, -0.25) is 9.40 Å². The molecule has 3 rings (SSSR count). The van der Waals surface area contributed by atoms with Crippen molar-refractivity contribution in [2.24, 2.45) is 0 Å². The summed E-state index contributed by atoms with van der Waals surface area (Å²) >= 11 is 0. The van der Waals surface area contributed by atoms with E-state index in [2.05, 4.69) is 15.0 Å². The van der Waals surface area contributed by atoms with Crippen LogP contribution in [0.4, 0.5) is 0 Å². The Labute approximate surface area is 143 Å². The van der Waals surface area contributed by atoms with E-state index in [9.17, 15) is 15.3 Å². The molecule has 0 aromatic carbocycles. The van der Waals surface area contributed by atoms with Crippen molar-refractivity contribution in [2.75, 3.05) is 33.9 Å². The fourth-order valence-electron chi connectivity index (χ4n) is 2.70. The van der Waals surface area contributed by atoms with E-state index in [1.54, 1.807) is 19.2 Å². The Balaban J connectivity index is 1.82. The lowest BCUT2D eigenvalue weighted by Crippen LogP contribution is -2.36. The molecule has 0 bridgehead atoms. The van der Waals surface area contributed by atoms with E-state index in [1.807, 2.05) is 0 Å². The summed E-state index contributed by atoms with van der Waals surface area (Å²) in [6, 6.07) is 0. The summed E-state index contributed by atoms with van der Waals surface area (Å²) in [5.41, 5.74) is 0.546. The van der Waals surface area contributed by atoms with Crippen LogP contribution >= 0.6 is 0 Å². The van der Waals surface area contributed by atoms with Crippen molar-refractivity contribution >= 4 is 11.2 Å². The van der Waals surface area contributed by atoms with E-state index in [4.69, 9.17) is 14.3 Å². The highest BCUT2D eigenvalue weighted by molar-refractivity contribution is 5.75. The lowest BCUT2D eigenvalue weighted by atomic mass is 10.1. The Bertz CT molecular complexity index is 710. The van der Waals surface area contributed by atoms with Gasteiger partial charge in [0.1, 0.15) is 24.6 Å². The number of ether oxygens (including phenoxy) is 2. The summed E-state index contributed by atoms with van der Waals surface area (Å²) in [4.78, 5) is 17.1. The van der Waals surface area contributed by atoms with Crippen LogP contribution in [0.2, 0.25) is 0 Å². The molecule has 25 heavy (non-hydrogen) atoms. The molecule has 11 heteroatoms. The fraction of sp³-hybridized carbons (Fsp3) is 0.643. The minimum atomic E-state index is -1.04. The summed E-state index contributed by atoms with van der Waals surface area (Å²) in [5.74, 6) is -0.252. The zero-order chi connectivity index (χ0) is 18.0. The molecule has 0 saturated carbocycles. The minimum Gasteiger partial charge on any atom is -0.492 e. The molecule has 0 radical (unpaired) electrons. The first kappa shape index (κ1) is 17.9. The Kier molecular flexibility index (Phi) is 5.42. The first-order valence-electron chi connectivity index (χ1n) is 7.75. The highest BCUT2D eigenvalue weighted by atomic mass is 16.7. The highest BCUT2D eigenvalue weighted by Gasteiger charge is 2.45. The summed E-state index contributed by atoms with van der Waals surface area (Å²) in [6.07, 6.45) is -0.767. The molecule has 3 N–H and O–H groups in total. The van der Waals surface area contributed by atoms with Crippen LogP contribution in [0.15, 0.2) is 12.7 Å². The standard InChI is InChI=1S/C14H21N5O6/c1-18(2)24-4-3-23-11-10(21)8(5-20)25-14(11)19-7-17-9-12(19)15-6-16-13(9)22/h6-8,10-11,14,20-21H,3-5H2,1-2H3,(H,15,16,22)/t8-,10-,11-,14-/m1/s1. The van der Waals surface area contributed by atoms with Gasteiger partial charge >= 0.3 is 0 Å². The molecule has 0 aliphatic carbocycles. The molecule has 0 unspecified atom stereocenters. The quantitative estimate of drug-likeness (QED) is 0.404. The van der Waals surface area contributed by atoms with E-state index >= 15 is 0 Å². The minimum absolute atomic E-state index is 0.211. The molecular weight excluding hydrogens is 334 g/mol. The molecule has 0 spiro atoms. The Morgan fingerprint density at radius 1 is 1.28 bits per heavy atom. The van der Waals surface area contributed by atoms with Crippen LogP contribution in [0, 0.1) is 0 Å². The predicted octanol–water partition coefficient (Wildman–Crippen LogP) is -1.34. The van der Waals surface area contributed by atoms with Gasteiger partial charge in [-0.05, 0) is 0 Å². The number of aromatic nitrogens is 4. The van der Waals surface area contributed by atoms with Gasteiger partial charge in [0.25, 0.3) is 0 Å². The van der Waals surface area contributed by atoms with Gasteiger partial charge in [0.2, 0.25) is 5.88 Å². The fourth-order valence-corrected chi connectivity index (χ4v) is 2.70. The van der Waals surface area contributed by atoms with Gasteiger partial charge in [-0.2, -0.15) is 10.0 Å². The smallest absolute Gasteiger partial charge is 0.242 e. The second-order valence-electron chi connectivity index (χ2n) is 5.74. The lowest BCUT2D eigenvalue weighted by Gasteiger charge is -2.22. The number of aliphatic hydroxyl groups is 2. The van der Waals surface area contributed by atoms with Crippen molar-refractivity contribution in [1.82, 2.24) is 24.6 Å². The van der Waals surface area contributed by atoms with Crippen LogP contribution in [0.5, 0.6) is 5.88 Å². The van der Waals surface area contributed by atoms with Crippen molar-refractivity contribution in [3.8, 4) is 5.88 Å². The molecule has 2 aromatic heterocycles. The molecular formula is C14H21N5O6. The third-order valence-corrected chi connectivity index (χ3v) is 3.85. The van der Waals surface area contributed by atoms with Crippen LogP contribution in [0.1, 0.15) is 6.23 Å². The number of nitrogens with zero attached hydrogens (tertiary/aromatic N) is 5. The van der Waals surface area contributed by atoms with Crippen molar-refractivity contribution in [3.05, 3.63) is 12.7 Å². The average molecular weight is 355 g/mol. The second kappa shape index (κ2) is 7.56. The molecule has 4 atom stereocenters. The van der Waals surface area contributed by atoms with Gasteiger partial charge < -0.3 is 24.8 Å². The number of hydrogen-bond donors (Lipinski definition) is 3. The molecule has 0 amide bonds. The maximum atomic E-state index is 10.4. The van der Waals surface area contributed by atoms with Crippen LogP contribution in [0.25, 0.3) is 11.2 Å². The Morgan fingerprint density at radius 2 is 2.08 bits per heavy atom. The number of hydrogen-bond acceptors (Lipinski definition) is 10. The van der Waals surface area contributed by atoms with E-state index < -0.39 is 24.5 Å². The summed E-state index contributed by atoms with van der Waals surface area (Å²) in [6.45, 7) is 0.143. The molecule has 1 aliphatic rings. The first-order valence-corrected chi connectivity index (χ1v) is 7.75. The van der Waals surface area contributed by atoms with Gasteiger partial charge in [0, 0.05) is 14.1 Å². The first-order chi connectivity index (χ1) is 12.0. The molecule has 3 heterocycles. The zero-order valence-electron chi connectivity index (χ0n) is 13.9. The topological polar surface area (TPSA) is 135 Å². The van der Waals surface area contributed by atoms with E-state index in [0.717, 1.165) is 0 Å². The van der Waals surface area contributed by atoms with Gasteiger partial charge in [-0.25, -0.2) is 9.97 Å². The van der Waals surface area contributed by atoms with Crippen molar-refractivity contribution in [1.29, 1.82) is 0 Å². The van der Waals surface area contributed by atoms with Gasteiger partial charge in [0.15, 0.2) is 17.4 Å². The average Bonchev–Trinajstić information content (AvgIpc) is 3.14. The van der Waals surface area contributed by atoms with Gasteiger partial charge in [-0.15, -0.1) is 0 Å². The molecule has 1 fully saturated rings. The van der Waals surface area contributed by atoms with E-state index in [-0.39, 0.29) is 24.6 Å². The molecule has 11 nitrogen and oxygen atoms in total. The molecule has 1 aliphatic heterocycles. The molecule has 138 valence electrons. The number of hydroxylamine groups is 2. The maximum absolute atomic E-state index is 10.4. The second-order valence-corrected chi connectivity index (χ2v) is 5.74. The number of aliphatic hydroxyl groups excluding tert-OH is 2. The predicted molar refractivity (Wildman–Crippen MR) is 83.4 cm³/mol. The summed E-state index contributed by atoms with van der Waals surface area (Å²) in [5, 5.41) is 31.1. The number of imidazole rings is 1. The third kappa shape index (κ3) is 3.56. The van der Waals surface area contributed by atoms with Crippen LogP contribution in [-0.4, -0.2) is 92.1 Å². The molecule has 1 saturated heterocycles. The zero-order valence-corrected chi connectivity index (χ0v) is 13.9. The third-order valence-electron chi connectivity index (χ3n) is 3.85. The van der Waals surface area contributed by atoms with Crippen LogP contribution in [-0.2, 0) is 14.3 Å². The largest absolute Gasteiger partial charge is 0.492 e.